The van der Waals surface area contributed by atoms with Crippen LogP contribution < -0.4 is 5.73 Å². The molecule has 0 aliphatic heterocycles. The lowest BCUT2D eigenvalue weighted by atomic mass is 10.2. The zero-order chi connectivity index (χ0) is 13.5. The summed E-state index contributed by atoms with van der Waals surface area (Å²) >= 11 is 1.45. The van der Waals surface area contributed by atoms with Crippen LogP contribution >= 0.6 is 11.8 Å². The monoisotopic (exact) mass is 269 g/mol. The molecule has 0 amide bonds. The van der Waals surface area contributed by atoms with Crippen LogP contribution in [0.1, 0.15) is 13.3 Å². The topological polar surface area (TPSA) is 52.3 Å². The Labute approximate surface area is 110 Å². The molecule has 0 saturated heterocycles. The van der Waals surface area contributed by atoms with E-state index in [0.29, 0.717) is 23.4 Å². The fraction of sp³-hybridized carbons (Fsp3) is 0.308. The lowest BCUT2D eigenvalue weighted by molar-refractivity contribution is -0.136. The number of benzene rings is 1. The number of ether oxygens (including phenoxy) is 1. The van der Waals surface area contributed by atoms with Gasteiger partial charge in [0.2, 0.25) is 0 Å². The van der Waals surface area contributed by atoms with Crippen LogP contribution in [0.15, 0.2) is 34.7 Å². The summed E-state index contributed by atoms with van der Waals surface area (Å²) in [6, 6.07) is 4.28. The van der Waals surface area contributed by atoms with Crippen LogP contribution in [0, 0.1) is 5.82 Å². The third kappa shape index (κ3) is 4.07. The molecule has 1 aromatic rings. The molecule has 1 aromatic carbocycles. The van der Waals surface area contributed by atoms with Crippen LogP contribution in [0.25, 0.3) is 0 Å². The maximum absolute atomic E-state index is 12.8. The van der Waals surface area contributed by atoms with Crippen LogP contribution in [0.5, 0.6) is 0 Å². The standard InChI is InChI=1S/C13H16FNO2S/c1-3-9(13(16)17-2)6-7-18-12-5-4-10(14)8-11(12)15/h4-6,8H,3,7,15H2,1-2H3. The Morgan fingerprint density at radius 2 is 2.28 bits per heavy atom. The molecule has 98 valence electrons. The number of rotatable bonds is 5. The van der Waals surface area contributed by atoms with Crippen molar-refractivity contribution in [1.29, 1.82) is 0 Å². The van der Waals surface area contributed by atoms with Crippen molar-refractivity contribution in [2.75, 3.05) is 18.6 Å². The number of esters is 1. The second-order valence-electron chi connectivity index (χ2n) is 3.57. The summed E-state index contributed by atoms with van der Waals surface area (Å²) in [6.45, 7) is 1.89. The molecular formula is C13H16FNO2S. The number of carbonyl (C=O) groups excluding carboxylic acids is 1. The van der Waals surface area contributed by atoms with Crippen molar-refractivity contribution in [3.05, 3.63) is 35.7 Å². The van der Waals surface area contributed by atoms with Crippen LogP contribution in [0.2, 0.25) is 0 Å². The molecule has 0 spiro atoms. The van der Waals surface area contributed by atoms with Crippen molar-refractivity contribution in [1.82, 2.24) is 0 Å². The molecule has 0 aromatic heterocycles. The highest BCUT2D eigenvalue weighted by atomic mass is 32.2. The minimum Gasteiger partial charge on any atom is -0.466 e. The zero-order valence-electron chi connectivity index (χ0n) is 10.4. The van der Waals surface area contributed by atoms with Crippen LogP contribution in [-0.2, 0) is 9.53 Å². The summed E-state index contributed by atoms with van der Waals surface area (Å²) in [7, 11) is 1.36. The van der Waals surface area contributed by atoms with Crippen molar-refractivity contribution < 1.29 is 13.9 Å². The fourth-order valence-corrected chi connectivity index (χ4v) is 2.24. The predicted molar refractivity (Wildman–Crippen MR) is 71.9 cm³/mol. The molecule has 0 aliphatic rings. The Morgan fingerprint density at radius 3 is 2.83 bits per heavy atom. The van der Waals surface area contributed by atoms with Gasteiger partial charge in [0.05, 0.1) is 7.11 Å². The summed E-state index contributed by atoms with van der Waals surface area (Å²) in [4.78, 5) is 12.1. The number of anilines is 1. The number of hydrogen-bond donors (Lipinski definition) is 1. The molecule has 0 unspecified atom stereocenters. The molecule has 5 heteroatoms. The zero-order valence-corrected chi connectivity index (χ0v) is 11.2. The van der Waals surface area contributed by atoms with Gasteiger partial charge < -0.3 is 10.5 Å². The number of nitrogen functional groups attached to an aromatic ring is 1. The van der Waals surface area contributed by atoms with E-state index in [0.717, 1.165) is 4.90 Å². The molecule has 0 atom stereocenters. The molecule has 0 heterocycles. The Morgan fingerprint density at radius 1 is 1.56 bits per heavy atom. The number of hydrogen-bond acceptors (Lipinski definition) is 4. The molecule has 1 rings (SSSR count). The van der Waals surface area contributed by atoms with E-state index >= 15 is 0 Å². The number of methoxy groups -OCH3 is 1. The van der Waals surface area contributed by atoms with E-state index in [1.807, 2.05) is 6.92 Å². The summed E-state index contributed by atoms with van der Waals surface area (Å²) in [5.41, 5.74) is 6.72. The summed E-state index contributed by atoms with van der Waals surface area (Å²) in [5.74, 6) is -0.0740. The van der Waals surface area contributed by atoms with E-state index in [1.165, 1.54) is 31.0 Å². The molecule has 0 bridgehead atoms. The highest BCUT2D eigenvalue weighted by molar-refractivity contribution is 7.99. The molecule has 0 saturated carbocycles. The molecule has 0 aliphatic carbocycles. The van der Waals surface area contributed by atoms with Gasteiger partial charge in [0.1, 0.15) is 5.82 Å². The van der Waals surface area contributed by atoms with E-state index in [4.69, 9.17) is 5.73 Å². The molecule has 0 radical (unpaired) electrons. The minimum absolute atomic E-state index is 0.315. The van der Waals surface area contributed by atoms with Gasteiger partial charge in [-0.1, -0.05) is 13.0 Å². The Kier molecular flexibility index (Phi) is 5.71. The quantitative estimate of drug-likeness (QED) is 0.386. The van der Waals surface area contributed by atoms with E-state index in [1.54, 1.807) is 12.1 Å². The molecular weight excluding hydrogens is 253 g/mol. The lowest BCUT2D eigenvalue weighted by Crippen LogP contribution is -2.04. The molecule has 3 nitrogen and oxygen atoms in total. The van der Waals surface area contributed by atoms with Gasteiger partial charge >= 0.3 is 5.97 Å². The first kappa shape index (κ1) is 14.6. The lowest BCUT2D eigenvalue weighted by Gasteiger charge is -2.05. The van der Waals surface area contributed by atoms with E-state index < -0.39 is 0 Å². The van der Waals surface area contributed by atoms with Crippen LogP contribution in [0.3, 0.4) is 0 Å². The third-order valence-corrected chi connectivity index (χ3v) is 3.39. The second kappa shape index (κ2) is 7.06. The van der Waals surface area contributed by atoms with Gasteiger partial charge in [-0.15, -0.1) is 11.8 Å². The van der Waals surface area contributed by atoms with Gasteiger partial charge in [-0.25, -0.2) is 9.18 Å². The number of nitrogens with two attached hydrogens (primary N) is 1. The van der Waals surface area contributed by atoms with Crippen molar-refractivity contribution in [3.8, 4) is 0 Å². The maximum atomic E-state index is 12.8. The SMILES string of the molecule is CCC(=CCSc1ccc(F)cc1N)C(=O)OC. The Balaban J connectivity index is 2.65. The predicted octanol–water partition coefficient (Wildman–Crippen LogP) is 3.01. The summed E-state index contributed by atoms with van der Waals surface area (Å²) < 4.78 is 17.5. The van der Waals surface area contributed by atoms with Gasteiger partial charge in [-0.3, -0.25) is 0 Å². The van der Waals surface area contributed by atoms with Gasteiger partial charge in [0.15, 0.2) is 0 Å². The van der Waals surface area contributed by atoms with Crippen LogP contribution in [-0.4, -0.2) is 18.8 Å². The molecule has 18 heavy (non-hydrogen) atoms. The van der Waals surface area contributed by atoms with Crippen molar-refractivity contribution in [3.63, 3.8) is 0 Å². The van der Waals surface area contributed by atoms with Gasteiger partial charge in [-0.05, 0) is 24.6 Å². The number of halogens is 1. The number of carbonyl (C=O) groups is 1. The minimum atomic E-state index is -0.351. The van der Waals surface area contributed by atoms with Crippen LogP contribution in [0.4, 0.5) is 10.1 Å². The van der Waals surface area contributed by atoms with Crippen molar-refractivity contribution in [2.24, 2.45) is 0 Å². The Bertz CT molecular complexity index is 460. The maximum Gasteiger partial charge on any atom is 0.333 e. The van der Waals surface area contributed by atoms with Crippen molar-refractivity contribution >= 4 is 23.4 Å². The second-order valence-corrected chi connectivity index (χ2v) is 4.63. The average Bonchev–Trinajstić information content (AvgIpc) is 2.36. The highest BCUT2D eigenvalue weighted by Gasteiger charge is 2.06. The summed E-state index contributed by atoms with van der Waals surface area (Å²) in [6.07, 6.45) is 2.42. The van der Waals surface area contributed by atoms with Gasteiger partial charge in [0.25, 0.3) is 0 Å². The first-order chi connectivity index (χ1) is 8.58. The largest absolute Gasteiger partial charge is 0.466 e. The average molecular weight is 269 g/mol. The normalized spacial score (nSPS) is 11.4. The first-order valence-corrected chi connectivity index (χ1v) is 6.52. The fourth-order valence-electron chi connectivity index (χ4n) is 1.39. The van der Waals surface area contributed by atoms with E-state index in [-0.39, 0.29) is 11.8 Å². The van der Waals surface area contributed by atoms with E-state index in [9.17, 15) is 9.18 Å². The smallest absolute Gasteiger partial charge is 0.333 e. The Hall–Kier alpha value is -1.49. The molecule has 0 fully saturated rings. The van der Waals surface area contributed by atoms with Crippen molar-refractivity contribution in [2.45, 2.75) is 18.2 Å². The highest BCUT2D eigenvalue weighted by Crippen LogP contribution is 2.26. The van der Waals surface area contributed by atoms with Gasteiger partial charge in [0, 0.05) is 21.9 Å². The van der Waals surface area contributed by atoms with E-state index in [2.05, 4.69) is 4.74 Å². The summed E-state index contributed by atoms with van der Waals surface area (Å²) in [5, 5.41) is 0. The van der Waals surface area contributed by atoms with Gasteiger partial charge in [-0.2, -0.15) is 0 Å². The molecule has 2 N–H and O–H groups in total. The number of thioether (sulfide) groups is 1. The first-order valence-electron chi connectivity index (χ1n) is 5.53. The third-order valence-electron chi connectivity index (χ3n) is 2.37.